The van der Waals surface area contributed by atoms with E-state index in [2.05, 4.69) is 89.0 Å². The molecule has 1 aliphatic heterocycles. The molecule has 0 unspecified atom stereocenters. The van der Waals surface area contributed by atoms with E-state index in [9.17, 15) is 4.89 Å². The van der Waals surface area contributed by atoms with Gasteiger partial charge in [0, 0.05) is 0 Å². The van der Waals surface area contributed by atoms with Crippen LogP contribution < -0.4 is 9.34 Å². The maximum atomic E-state index is 11.8. The minimum atomic E-state index is -2.96. The smallest absolute Gasteiger partial charge is 0.252 e. The van der Waals surface area contributed by atoms with Crippen molar-refractivity contribution < 1.29 is 4.89 Å². The van der Waals surface area contributed by atoms with E-state index in [1.807, 2.05) is 0 Å². The third kappa shape index (κ3) is 3.22. The van der Waals surface area contributed by atoms with Crippen molar-refractivity contribution in [2.24, 2.45) is 0 Å². The highest BCUT2D eigenvalue weighted by atomic mass is 32.5. The van der Waals surface area contributed by atoms with Gasteiger partial charge in [0.1, 0.15) is 0 Å². The van der Waals surface area contributed by atoms with Gasteiger partial charge in [-0.25, -0.2) is 0 Å². The van der Waals surface area contributed by atoms with Crippen molar-refractivity contribution in [3.63, 3.8) is 0 Å². The summed E-state index contributed by atoms with van der Waals surface area (Å²) in [7, 11) is 0. The van der Waals surface area contributed by atoms with Crippen molar-refractivity contribution in [1.29, 1.82) is 0 Å². The highest BCUT2D eigenvalue weighted by Crippen LogP contribution is 2.63. The van der Waals surface area contributed by atoms with Gasteiger partial charge in [-0.2, -0.15) is 0 Å². The van der Waals surface area contributed by atoms with Crippen LogP contribution in [0, 0.1) is 41.5 Å². The molecule has 3 nitrogen and oxygen atoms in total. The summed E-state index contributed by atoms with van der Waals surface area (Å²) in [6, 6.07) is 8.97. The first-order valence-corrected chi connectivity index (χ1v) is 12.2. The Morgan fingerprint density at radius 1 is 0.704 bits per heavy atom. The molecule has 146 valence electrons. The second-order valence-electron chi connectivity index (χ2n) is 8.18. The van der Waals surface area contributed by atoms with E-state index in [0.29, 0.717) is 0 Å². The number of aryl methyl sites for hydroxylation is 6. The van der Waals surface area contributed by atoms with Gasteiger partial charge >= 0.3 is 0 Å². The molecule has 0 amide bonds. The maximum absolute atomic E-state index is 11.8. The molecule has 1 heterocycles. The van der Waals surface area contributed by atoms with Gasteiger partial charge in [-0.15, -0.1) is 0 Å². The van der Waals surface area contributed by atoms with Gasteiger partial charge in [0.2, 0.25) is 0 Å². The molecular weight excluding hydrogens is 371 g/mol. The SMILES string of the molecule is Cc1cc(C)c(N2[C@H](C)[C@@H](C)N(c3c(C)cc(C)cc3C)P2(O)=S)c(C)c1. The molecule has 0 spiro atoms. The predicted molar refractivity (Wildman–Crippen MR) is 122 cm³/mol. The Hall–Kier alpha value is -1.35. The summed E-state index contributed by atoms with van der Waals surface area (Å²) >= 11 is 5.99. The molecule has 3 rings (SSSR count). The van der Waals surface area contributed by atoms with Crippen molar-refractivity contribution in [3.05, 3.63) is 57.6 Å². The summed E-state index contributed by atoms with van der Waals surface area (Å²) in [5.74, 6) is 0. The van der Waals surface area contributed by atoms with Gasteiger partial charge in [0.25, 0.3) is 6.57 Å². The summed E-state index contributed by atoms with van der Waals surface area (Å²) in [6.07, 6.45) is 0. The molecule has 2 aromatic rings. The van der Waals surface area contributed by atoms with Crippen LogP contribution in [0.5, 0.6) is 0 Å². The zero-order chi connectivity index (χ0) is 20.3. The van der Waals surface area contributed by atoms with E-state index in [4.69, 9.17) is 11.8 Å². The number of rotatable bonds is 2. The van der Waals surface area contributed by atoms with Crippen LogP contribution in [0.4, 0.5) is 11.4 Å². The second-order valence-corrected chi connectivity index (χ2v) is 11.5. The molecular formula is C22H31N2OPS. The predicted octanol–water partition coefficient (Wildman–Crippen LogP) is 5.86. The summed E-state index contributed by atoms with van der Waals surface area (Å²) in [5.41, 5.74) is 9.36. The third-order valence-electron chi connectivity index (χ3n) is 5.76. The molecule has 27 heavy (non-hydrogen) atoms. The Balaban J connectivity index is 2.22. The molecule has 0 bridgehead atoms. The lowest BCUT2D eigenvalue weighted by Gasteiger charge is -2.35. The molecule has 1 fully saturated rings. The van der Waals surface area contributed by atoms with E-state index < -0.39 is 6.57 Å². The highest BCUT2D eigenvalue weighted by molar-refractivity contribution is 8.13. The van der Waals surface area contributed by atoms with E-state index in [1.54, 1.807) is 0 Å². The molecule has 1 N–H and O–H groups in total. The van der Waals surface area contributed by atoms with Crippen molar-refractivity contribution in [2.45, 2.75) is 67.5 Å². The van der Waals surface area contributed by atoms with Crippen LogP contribution in [0.1, 0.15) is 47.2 Å². The minimum Gasteiger partial charge on any atom is -0.334 e. The molecule has 0 radical (unpaired) electrons. The lowest BCUT2D eigenvalue weighted by molar-refractivity contribution is 0.618. The molecule has 0 aliphatic carbocycles. The zero-order valence-corrected chi connectivity index (χ0v) is 19.4. The largest absolute Gasteiger partial charge is 0.334 e. The molecule has 5 heteroatoms. The van der Waals surface area contributed by atoms with Crippen molar-refractivity contribution in [1.82, 2.24) is 0 Å². The lowest BCUT2D eigenvalue weighted by atomic mass is 10.0. The van der Waals surface area contributed by atoms with Gasteiger partial charge < -0.3 is 14.2 Å². The van der Waals surface area contributed by atoms with Crippen LogP contribution in [0.25, 0.3) is 0 Å². The Labute approximate surface area is 169 Å². The van der Waals surface area contributed by atoms with Crippen LogP contribution in [0.2, 0.25) is 0 Å². The van der Waals surface area contributed by atoms with E-state index in [0.717, 1.165) is 11.4 Å². The fraction of sp³-hybridized carbons (Fsp3) is 0.455. The molecule has 2 aromatic carbocycles. The van der Waals surface area contributed by atoms with E-state index >= 15 is 0 Å². The molecule has 2 atom stereocenters. The van der Waals surface area contributed by atoms with Crippen molar-refractivity contribution >= 4 is 29.7 Å². The normalized spacial score (nSPS) is 21.8. The van der Waals surface area contributed by atoms with Crippen molar-refractivity contribution in [3.8, 4) is 0 Å². The van der Waals surface area contributed by atoms with E-state index in [-0.39, 0.29) is 12.1 Å². The van der Waals surface area contributed by atoms with Crippen molar-refractivity contribution in [2.75, 3.05) is 9.34 Å². The summed E-state index contributed by atoms with van der Waals surface area (Å²) in [5, 5.41) is 0. The third-order valence-corrected chi connectivity index (χ3v) is 9.07. The summed E-state index contributed by atoms with van der Waals surface area (Å²) in [6.45, 7) is 14.1. The number of anilines is 2. The number of nitrogens with zero attached hydrogens (tertiary/aromatic N) is 2. The average Bonchev–Trinajstić information content (AvgIpc) is 2.67. The van der Waals surface area contributed by atoms with Gasteiger partial charge in [-0.05, 0) is 89.5 Å². The van der Waals surface area contributed by atoms with E-state index in [1.165, 1.54) is 33.4 Å². The Morgan fingerprint density at radius 3 is 1.22 bits per heavy atom. The number of hydrogen-bond donors (Lipinski definition) is 1. The Bertz CT molecular complexity index is 836. The lowest BCUT2D eigenvalue weighted by Crippen LogP contribution is -2.33. The average molecular weight is 403 g/mol. The van der Waals surface area contributed by atoms with Crippen LogP contribution >= 0.6 is 6.57 Å². The van der Waals surface area contributed by atoms with Crippen LogP contribution in [-0.2, 0) is 11.8 Å². The van der Waals surface area contributed by atoms with Gasteiger partial charge in [-0.3, -0.25) is 0 Å². The molecule has 1 saturated heterocycles. The monoisotopic (exact) mass is 402 g/mol. The van der Waals surface area contributed by atoms with Gasteiger partial charge in [0.05, 0.1) is 23.5 Å². The van der Waals surface area contributed by atoms with Crippen LogP contribution in [-0.4, -0.2) is 17.0 Å². The zero-order valence-electron chi connectivity index (χ0n) is 17.7. The molecule has 0 aromatic heterocycles. The van der Waals surface area contributed by atoms with Crippen LogP contribution in [0.15, 0.2) is 24.3 Å². The van der Waals surface area contributed by atoms with Gasteiger partial charge in [-0.1, -0.05) is 35.4 Å². The summed E-state index contributed by atoms with van der Waals surface area (Å²) in [4.78, 5) is 11.8. The summed E-state index contributed by atoms with van der Waals surface area (Å²) < 4.78 is 4.27. The Kier molecular flexibility index (Phi) is 5.22. The fourth-order valence-corrected chi connectivity index (χ4v) is 8.80. The number of benzene rings is 2. The van der Waals surface area contributed by atoms with Gasteiger partial charge in [0.15, 0.2) is 0 Å². The molecule has 0 saturated carbocycles. The first-order valence-electron chi connectivity index (χ1n) is 9.54. The van der Waals surface area contributed by atoms with Crippen LogP contribution in [0.3, 0.4) is 0 Å². The quantitative estimate of drug-likeness (QED) is 0.637. The first kappa shape index (κ1) is 20.4. The Morgan fingerprint density at radius 2 is 0.963 bits per heavy atom. The first-order chi connectivity index (χ1) is 12.5. The second kappa shape index (κ2) is 6.92. The number of hydrogen-bond acceptors (Lipinski definition) is 1. The fourth-order valence-electron chi connectivity index (χ4n) is 4.72. The highest BCUT2D eigenvalue weighted by Gasteiger charge is 2.49. The standard InChI is InChI=1S/C22H31N2OPS/c1-13-9-15(3)21(16(4)10-13)23-19(7)20(8)24(26(23,25)27)22-17(5)11-14(2)12-18(22)6/h9-12,19-20H,1-8H3,(H,25,27)/t19-,20-/m1/s1. The molecule has 1 aliphatic rings. The topological polar surface area (TPSA) is 26.7 Å². The maximum Gasteiger partial charge on any atom is 0.252 e. The minimum absolute atomic E-state index is 0.126.